The van der Waals surface area contributed by atoms with Crippen molar-refractivity contribution in [2.24, 2.45) is 0 Å². The Morgan fingerprint density at radius 1 is 1.23 bits per heavy atom. The van der Waals surface area contributed by atoms with E-state index in [1.807, 2.05) is 11.0 Å². The fraction of sp³-hybridized carbons (Fsp3) is 0.267. The lowest BCUT2D eigenvalue weighted by Gasteiger charge is -2.26. The van der Waals surface area contributed by atoms with Gasteiger partial charge in [-0.2, -0.15) is 0 Å². The monoisotopic (exact) mass is 334 g/mol. The molecule has 0 saturated heterocycles. The van der Waals surface area contributed by atoms with Crippen LogP contribution in [-0.2, 0) is 27.7 Å². The molecule has 0 saturated carbocycles. The molecule has 7 heteroatoms. The van der Waals surface area contributed by atoms with Crippen molar-refractivity contribution in [1.29, 1.82) is 0 Å². The van der Waals surface area contributed by atoms with E-state index >= 15 is 0 Å². The Morgan fingerprint density at radius 3 is 2.82 bits per heavy atom. The van der Waals surface area contributed by atoms with Crippen LogP contribution in [0.2, 0.25) is 0 Å². The van der Waals surface area contributed by atoms with E-state index in [-0.39, 0.29) is 5.91 Å². The van der Waals surface area contributed by atoms with E-state index in [4.69, 9.17) is 0 Å². The summed E-state index contributed by atoms with van der Waals surface area (Å²) in [4.78, 5) is 13.8. The van der Waals surface area contributed by atoms with Crippen molar-refractivity contribution in [2.45, 2.75) is 23.5 Å². The number of aryl methyl sites for hydroxylation is 1. The van der Waals surface area contributed by atoms with Gasteiger partial charge in [-0.1, -0.05) is 6.07 Å². The number of hydrogen-bond acceptors (Lipinski definition) is 4. The van der Waals surface area contributed by atoms with Gasteiger partial charge in [-0.15, -0.1) is 11.3 Å². The lowest BCUT2D eigenvalue weighted by atomic mass is 9.99. The third-order valence-electron chi connectivity index (χ3n) is 4.02. The predicted molar refractivity (Wildman–Crippen MR) is 85.9 cm³/mol. The molecular weight excluding hydrogens is 320 g/mol. The molecule has 2 aliphatic heterocycles. The molecule has 0 radical (unpaired) electrons. The molecule has 1 N–H and O–H groups in total. The minimum atomic E-state index is -3.55. The van der Waals surface area contributed by atoms with Crippen LogP contribution in [0.25, 0.3) is 0 Å². The molecule has 0 bridgehead atoms. The van der Waals surface area contributed by atoms with E-state index in [9.17, 15) is 13.2 Å². The molecule has 22 heavy (non-hydrogen) atoms. The highest BCUT2D eigenvalue weighted by Crippen LogP contribution is 2.39. The van der Waals surface area contributed by atoms with Gasteiger partial charge in [0, 0.05) is 12.2 Å². The quantitative estimate of drug-likeness (QED) is 0.937. The number of amides is 1. The van der Waals surface area contributed by atoms with Crippen LogP contribution in [0, 0.1) is 0 Å². The van der Waals surface area contributed by atoms with Crippen LogP contribution in [0.5, 0.6) is 0 Å². The Kier molecular flexibility index (Phi) is 3.02. The van der Waals surface area contributed by atoms with Gasteiger partial charge in [0.25, 0.3) is 10.0 Å². The third-order valence-corrected chi connectivity index (χ3v) is 6.80. The van der Waals surface area contributed by atoms with Crippen molar-refractivity contribution in [3.8, 4) is 0 Å². The normalized spacial score (nSPS) is 16.7. The number of hydrogen-bond donors (Lipinski definition) is 1. The van der Waals surface area contributed by atoms with E-state index in [0.717, 1.165) is 36.2 Å². The zero-order valence-electron chi connectivity index (χ0n) is 11.7. The number of anilines is 2. The Hall–Kier alpha value is -1.86. The van der Waals surface area contributed by atoms with Gasteiger partial charge in [-0.25, -0.2) is 8.42 Å². The number of thiophene rings is 1. The molecular formula is C15H14N2O3S2. The average Bonchev–Trinajstić information content (AvgIpc) is 3.09. The number of carbonyl (C=O) groups excluding carboxylic acids is 1. The molecule has 1 amide bonds. The first-order chi connectivity index (χ1) is 10.5. The van der Waals surface area contributed by atoms with Gasteiger partial charge in [0.15, 0.2) is 0 Å². The van der Waals surface area contributed by atoms with Gasteiger partial charge >= 0.3 is 0 Å². The van der Waals surface area contributed by atoms with Gasteiger partial charge < -0.3 is 4.90 Å². The van der Waals surface area contributed by atoms with E-state index in [1.54, 1.807) is 23.6 Å². The van der Waals surface area contributed by atoms with Crippen molar-refractivity contribution in [3.05, 3.63) is 40.8 Å². The molecule has 1 aromatic heterocycles. The Balaban J connectivity index is 1.74. The highest BCUT2D eigenvalue weighted by Gasteiger charge is 2.32. The largest absolute Gasteiger partial charge is 0.312 e. The Labute approximate surface area is 132 Å². The first-order valence-corrected chi connectivity index (χ1v) is 9.43. The van der Waals surface area contributed by atoms with E-state index in [1.165, 1.54) is 11.3 Å². The maximum Gasteiger partial charge on any atom is 0.271 e. The summed E-state index contributed by atoms with van der Waals surface area (Å²) in [6, 6.07) is 6.93. The summed E-state index contributed by atoms with van der Waals surface area (Å²) in [5, 5.41) is 1.73. The van der Waals surface area contributed by atoms with Crippen LogP contribution >= 0.6 is 11.3 Å². The second-order valence-electron chi connectivity index (χ2n) is 5.51. The number of benzene rings is 1. The molecule has 1 aromatic carbocycles. The molecule has 114 valence electrons. The number of rotatable bonds is 3. The first-order valence-electron chi connectivity index (χ1n) is 7.07. The Bertz CT molecular complexity index is 857. The summed E-state index contributed by atoms with van der Waals surface area (Å²) < 4.78 is 27.6. The molecule has 0 unspecified atom stereocenters. The minimum Gasteiger partial charge on any atom is -0.312 e. The molecule has 4 rings (SSSR count). The van der Waals surface area contributed by atoms with Crippen LogP contribution in [0.3, 0.4) is 0 Å². The molecule has 2 aromatic rings. The topological polar surface area (TPSA) is 66.5 Å². The van der Waals surface area contributed by atoms with Gasteiger partial charge in [-0.05, 0) is 47.5 Å². The smallest absolute Gasteiger partial charge is 0.271 e. The second kappa shape index (κ2) is 4.82. The summed E-state index contributed by atoms with van der Waals surface area (Å²) >= 11 is 1.18. The fourth-order valence-electron chi connectivity index (χ4n) is 3.16. The van der Waals surface area contributed by atoms with E-state index in [0.29, 0.717) is 16.3 Å². The summed E-state index contributed by atoms with van der Waals surface area (Å²) in [7, 11) is -3.55. The van der Waals surface area contributed by atoms with Crippen molar-refractivity contribution in [2.75, 3.05) is 16.2 Å². The lowest BCUT2D eigenvalue weighted by Crippen LogP contribution is -2.31. The third kappa shape index (κ3) is 2.12. The maximum absolute atomic E-state index is 12.3. The Morgan fingerprint density at radius 2 is 2.05 bits per heavy atom. The van der Waals surface area contributed by atoms with Crippen LogP contribution in [-0.4, -0.2) is 20.9 Å². The SMILES string of the molecule is O=C1Cc2cc(NS(=O)(=O)c3cccs3)cc3c2N1CCC3. The van der Waals surface area contributed by atoms with Crippen molar-refractivity contribution >= 4 is 38.6 Å². The van der Waals surface area contributed by atoms with Crippen molar-refractivity contribution in [1.82, 2.24) is 0 Å². The number of carbonyl (C=O) groups is 1. The zero-order valence-corrected chi connectivity index (χ0v) is 13.3. The molecule has 5 nitrogen and oxygen atoms in total. The molecule has 0 fully saturated rings. The van der Waals surface area contributed by atoms with Crippen molar-refractivity contribution in [3.63, 3.8) is 0 Å². The van der Waals surface area contributed by atoms with Gasteiger partial charge in [0.05, 0.1) is 12.1 Å². The first kappa shape index (κ1) is 13.8. The van der Waals surface area contributed by atoms with Crippen LogP contribution in [0.1, 0.15) is 17.5 Å². The molecule has 2 aliphatic rings. The second-order valence-corrected chi connectivity index (χ2v) is 8.36. The molecule has 0 atom stereocenters. The van der Waals surface area contributed by atoms with Crippen LogP contribution < -0.4 is 9.62 Å². The molecule has 0 spiro atoms. The highest BCUT2D eigenvalue weighted by molar-refractivity contribution is 7.94. The average molecular weight is 334 g/mol. The fourth-order valence-corrected chi connectivity index (χ4v) is 5.19. The predicted octanol–water partition coefficient (Wildman–Crippen LogP) is 2.38. The zero-order chi connectivity index (χ0) is 15.3. The van der Waals surface area contributed by atoms with Gasteiger partial charge in [-0.3, -0.25) is 9.52 Å². The van der Waals surface area contributed by atoms with Gasteiger partial charge in [0.1, 0.15) is 4.21 Å². The summed E-state index contributed by atoms with van der Waals surface area (Å²) in [5.74, 6) is 0.106. The summed E-state index contributed by atoms with van der Waals surface area (Å²) in [6.07, 6.45) is 2.15. The summed E-state index contributed by atoms with van der Waals surface area (Å²) in [5.41, 5.74) is 3.51. The molecule has 3 heterocycles. The number of nitrogens with one attached hydrogen (secondary N) is 1. The van der Waals surface area contributed by atoms with E-state index in [2.05, 4.69) is 4.72 Å². The van der Waals surface area contributed by atoms with Crippen LogP contribution in [0.4, 0.5) is 11.4 Å². The highest BCUT2D eigenvalue weighted by atomic mass is 32.2. The number of nitrogens with zero attached hydrogens (tertiary/aromatic N) is 1. The van der Waals surface area contributed by atoms with Crippen LogP contribution in [0.15, 0.2) is 33.9 Å². The summed E-state index contributed by atoms with van der Waals surface area (Å²) in [6.45, 7) is 0.763. The minimum absolute atomic E-state index is 0.106. The molecule has 0 aliphatic carbocycles. The van der Waals surface area contributed by atoms with E-state index < -0.39 is 10.0 Å². The standard InChI is InChI=1S/C15H14N2O3S2/c18-13-9-11-8-12(7-10-3-1-5-17(13)15(10)11)16-22(19,20)14-4-2-6-21-14/h2,4,6-8,16H,1,3,5,9H2. The maximum atomic E-state index is 12.3. The lowest BCUT2D eigenvalue weighted by molar-refractivity contribution is -0.117. The van der Waals surface area contributed by atoms with Gasteiger partial charge in [0.2, 0.25) is 5.91 Å². The van der Waals surface area contributed by atoms with Crippen molar-refractivity contribution < 1.29 is 13.2 Å². The number of sulfonamides is 1.